The van der Waals surface area contributed by atoms with E-state index in [1.54, 1.807) is 30.9 Å². The van der Waals surface area contributed by atoms with Crippen molar-refractivity contribution in [3.05, 3.63) is 49.6 Å². The highest BCUT2D eigenvalue weighted by Gasteiger charge is 2.77. The van der Waals surface area contributed by atoms with Gasteiger partial charge in [-0.2, -0.15) is 0 Å². The van der Waals surface area contributed by atoms with Gasteiger partial charge in [-0.1, -0.05) is 28.1 Å². The fourth-order valence-corrected chi connectivity index (χ4v) is 8.05. The van der Waals surface area contributed by atoms with Gasteiger partial charge in [-0.15, -0.1) is 13.2 Å². The van der Waals surface area contributed by atoms with Gasteiger partial charge in [0, 0.05) is 42.3 Å². The van der Waals surface area contributed by atoms with Crippen LogP contribution in [0, 0.1) is 11.8 Å². The number of rotatable bonds is 16. The summed E-state index contributed by atoms with van der Waals surface area (Å²) in [5.41, 5.74) is 0.340. The van der Waals surface area contributed by atoms with Crippen molar-refractivity contribution >= 4 is 51.0 Å². The van der Waals surface area contributed by atoms with Crippen molar-refractivity contribution in [1.29, 1.82) is 0 Å². The van der Waals surface area contributed by atoms with Gasteiger partial charge in [-0.05, 0) is 64.8 Å². The summed E-state index contributed by atoms with van der Waals surface area (Å²) < 4.78 is 12.3. The van der Waals surface area contributed by atoms with Crippen LogP contribution in [0.5, 0.6) is 0 Å². The molecule has 0 aliphatic carbocycles. The number of hydrogen-bond donors (Lipinski definition) is 2. The number of benzene rings is 1. The summed E-state index contributed by atoms with van der Waals surface area (Å²) in [5.74, 6) is -3.56. The molecule has 1 spiro atoms. The summed E-state index contributed by atoms with van der Waals surface area (Å²) in [6, 6.07) is 5.86. The van der Waals surface area contributed by atoms with Crippen LogP contribution in [0.4, 0.5) is 11.4 Å². The lowest BCUT2D eigenvalue weighted by atomic mass is 9.70. The van der Waals surface area contributed by atoms with Crippen LogP contribution < -0.4 is 15.1 Å². The number of anilines is 2. The Morgan fingerprint density at radius 2 is 1.83 bits per heavy atom. The van der Waals surface area contributed by atoms with E-state index in [0.29, 0.717) is 18.5 Å². The average Bonchev–Trinajstić information content (AvgIpc) is 3.65. The van der Waals surface area contributed by atoms with E-state index in [1.807, 2.05) is 24.3 Å². The van der Waals surface area contributed by atoms with Gasteiger partial charge < -0.3 is 34.6 Å². The van der Waals surface area contributed by atoms with Crippen LogP contribution >= 0.6 is 15.9 Å². The monoisotopic (exact) mass is 702 g/mol. The second-order valence-electron chi connectivity index (χ2n) is 12.2. The molecule has 4 rings (SSSR count). The van der Waals surface area contributed by atoms with Crippen LogP contribution in [0.2, 0.25) is 0 Å². The van der Waals surface area contributed by atoms with Gasteiger partial charge in [0.15, 0.2) is 0 Å². The number of aliphatic hydroxyl groups is 1. The fourth-order valence-electron chi connectivity index (χ4n) is 7.11. The molecule has 3 saturated heterocycles. The first-order chi connectivity index (χ1) is 22.0. The third kappa shape index (κ3) is 6.61. The smallest absolute Gasteiger partial charge is 0.312 e. The maximum atomic E-state index is 14.7. The van der Waals surface area contributed by atoms with E-state index in [0.717, 1.165) is 18.8 Å². The standard InChI is InChI=1S/C34H47BrN4O7/c1-7-11-12-26(41)36-19-22(6)45-33(44)27-28-31(42)39(21(5)20-40)30(34(28)18-25(35)29(27)46-34)32(43)38(17-8-2)24-15-13-23(14-16-24)37(9-3)10-4/h7-8,13-16,21-22,25,27-30,40H,1-2,9-12,17-20H2,3-6H3,(H,36,41)/t21-,22+,25?,27-,28+,29-,30-,34+/m1/s1. The van der Waals surface area contributed by atoms with E-state index < -0.39 is 53.6 Å². The number of esters is 1. The predicted octanol–water partition coefficient (Wildman–Crippen LogP) is 3.19. The number of carbonyl (C=O) groups excluding carboxylic acids is 4. The maximum absolute atomic E-state index is 14.7. The number of amides is 3. The van der Waals surface area contributed by atoms with Gasteiger partial charge in [0.25, 0.3) is 5.91 Å². The van der Waals surface area contributed by atoms with Crippen molar-refractivity contribution in [1.82, 2.24) is 10.2 Å². The minimum absolute atomic E-state index is 0.111. The second-order valence-corrected chi connectivity index (χ2v) is 13.4. The van der Waals surface area contributed by atoms with Crippen LogP contribution in [0.3, 0.4) is 0 Å². The molecule has 46 heavy (non-hydrogen) atoms. The molecule has 0 aromatic heterocycles. The molecule has 252 valence electrons. The highest BCUT2D eigenvalue weighted by Crippen LogP contribution is 2.60. The molecular weight excluding hydrogens is 656 g/mol. The van der Waals surface area contributed by atoms with Crippen LogP contribution in [0.25, 0.3) is 0 Å². The Morgan fingerprint density at radius 1 is 1.17 bits per heavy atom. The summed E-state index contributed by atoms with van der Waals surface area (Å²) in [7, 11) is 0. The Balaban J connectivity index is 1.64. The van der Waals surface area contributed by atoms with E-state index in [-0.39, 0.29) is 42.8 Å². The van der Waals surface area contributed by atoms with Gasteiger partial charge in [-0.25, -0.2) is 0 Å². The molecule has 0 saturated carbocycles. The van der Waals surface area contributed by atoms with Crippen molar-refractivity contribution in [2.75, 3.05) is 42.6 Å². The average molecular weight is 704 g/mol. The largest absolute Gasteiger partial charge is 0.460 e. The van der Waals surface area contributed by atoms with Gasteiger partial charge in [0.05, 0.1) is 37.1 Å². The topological polar surface area (TPSA) is 129 Å². The SMILES string of the molecule is C=CCCC(=O)NC[C@H](C)OC(=O)[C@H]1[C@@H]2O[C@@]3(CC2Br)[C@@H]1C(=O)N([C@H](C)CO)[C@@H]3C(=O)N(CC=C)c1ccc(N(CC)CC)cc1. The molecule has 3 aliphatic rings. The van der Waals surface area contributed by atoms with Crippen LogP contribution in [-0.2, 0) is 28.7 Å². The molecule has 3 heterocycles. The predicted molar refractivity (Wildman–Crippen MR) is 180 cm³/mol. The molecule has 11 nitrogen and oxygen atoms in total. The van der Waals surface area contributed by atoms with Gasteiger partial charge >= 0.3 is 5.97 Å². The zero-order valence-corrected chi connectivity index (χ0v) is 28.8. The second kappa shape index (κ2) is 15.1. The Morgan fingerprint density at radius 3 is 2.41 bits per heavy atom. The van der Waals surface area contributed by atoms with Crippen molar-refractivity contribution in [2.45, 2.75) is 81.7 Å². The van der Waals surface area contributed by atoms with E-state index in [4.69, 9.17) is 9.47 Å². The van der Waals surface area contributed by atoms with E-state index in [9.17, 15) is 24.3 Å². The van der Waals surface area contributed by atoms with E-state index >= 15 is 0 Å². The fraction of sp³-hybridized carbons (Fsp3) is 0.588. The molecule has 3 fully saturated rings. The molecule has 0 radical (unpaired) electrons. The Bertz CT molecular complexity index is 1300. The summed E-state index contributed by atoms with van der Waals surface area (Å²) >= 11 is 3.67. The highest BCUT2D eigenvalue weighted by atomic mass is 79.9. The number of alkyl halides is 1. The molecule has 2 bridgehead atoms. The summed E-state index contributed by atoms with van der Waals surface area (Å²) in [6.07, 6.45) is 3.06. The molecule has 2 N–H and O–H groups in total. The van der Waals surface area contributed by atoms with E-state index in [1.165, 1.54) is 4.90 Å². The number of carbonyl (C=O) groups is 4. The Kier molecular flexibility index (Phi) is 11.7. The van der Waals surface area contributed by atoms with Crippen molar-refractivity contribution in [2.24, 2.45) is 11.8 Å². The third-order valence-corrected chi connectivity index (χ3v) is 10.2. The molecule has 1 aromatic carbocycles. The van der Waals surface area contributed by atoms with Gasteiger partial charge in [0.2, 0.25) is 11.8 Å². The molecule has 1 unspecified atom stereocenters. The first kappa shape index (κ1) is 35.6. The summed E-state index contributed by atoms with van der Waals surface area (Å²) in [5, 5.41) is 13.0. The Hall–Kier alpha value is -3.22. The molecule has 3 amide bonds. The Labute approximate surface area is 280 Å². The first-order valence-corrected chi connectivity index (χ1v) is 17.0. The minimum atomic E-state index is -1.32. The lowest BCUT2D eigenvalue weighted by Crippen LogP contribution is -2.58. The number of halogens is 1. The van der Waals surface area contributed by atoms with Crippen LogP contribution in [0.15, 0.2) is 49.6 Å². The quantitative estimate of drug-likeness (QED) is 0.153. The third-order valence-electron chi connectivity index (χ3n) is 9.32. The summed E-state index contributed by atoms with van der Waals surface area (Å²) in [6.45, 7) is 16.6. The molecular formula is C34H47BrN4O7. The minimum Gasteiger partial charge on any atom is -0.460 e. The van der Waals surface area contributed by atoms with Crippen molar-refractivity contribution < 1.29 is 33.8 Å². The first-order valence-electron chi connectivity index (χ1n) is 16.1. The number of aliphatic hydroxyl groups excluding tert-OH is 1. The van der Waals surface area contributed by atoms with Crippen molar-refractivity contribution in [3.63, 3.8) is 0 Å². The maximum Gasteiger partial charge on any atom is 0.312 e. The van der Waals surface area contributed by atoms with Gasteiger partial charge in [-0.3, -0.25) is 19.2 Å². The number of fused-ring (bicyclic) bond motifs is 1. The number of likely N-dealkylation sites (tertiary alicyclic amines) is 1. The molecule has 1 aromatic rings. The number of nitrogens with one attached hydrogen (secondary N) is 1. The number of nitrogens with zero attached hydrogens (tertiary/aromatic N) is 3. The zero-order valence-electron chi connectivity index (χ0n) is 27.2. The molecule has 3 aliphatic heterocycles. The van der Waals surface area contributed by atoms with Crippen molar-refractivity contribution in [3.8, 4) is 0 Å². The molecule has 12 heteroatoms. The molecule has 8 atom stereocenters. The number of allylic oxidation sites excluding steroid dienone is 1. The highest BCUT2D eigenvalue weighted by molar-refractivity contribution is 9.09. The van der Waals surface area contributed by atoms with Crippen LogP contribution in [-0.4, -0.2) is 101 Å². The number of hydrogen-bond acceptors (Lipinski definition) is 8. The lowest BCUT2D eigenvalue weighted by molar-refractivity contribution is -0.159. The van der Waals surface area contributed by atoms with Crippen LogP contribution in [0.1, 0.15) is 47.0 Å². The zero-order chi connectivity index (χ0) is 33.8. The summed E-state index contributed by atoms with van der Waals surface area (Å²) in [4.78, 5) is 59.6. The van der Waals surface area contributed by atoms with Gasteiger partial charge in [0.1, 0.15) is 17.7 Å². The normalized spacial score (nSPS) is 27.5. The van der Waals surface area contributed by atoms with E-state index in [2.05, 4.69) is 53.2 Å². The number of ether oxygens (including phenoxy) is 2. The lowest BCUT2D eigenvalue weighted by Gasteiger charge is -2.38.